The maximum absolute atomic E-state index is 6.14. The zero-order valence-corrected chi connectivity index (χ0v) is 32.4. The van der Waals surface area contributed by atoms with Gasteiger partial charge in [-0.2, -0.15) is 0 Å². The predicted octanol–water partition coefficient (Wildman–Crippen LogP) is 16.5. The number of nitrogen functional groups attached to an aromatic ring is 1. The SMILES string of the molecule is Brc1cc(I)c2oc3ccccc3c2c1.Brc1cc(Nc2cccc3ccccc23)c2oc3ccccc3c2c1.C.C.C.Nc1cccc2ccccc12. The molecular formula is C47H41Br2IN2O2. The lowest BCUT2D eigenvalue weighted by Gasteiger charge is -2.11. The second kappa shape index (κ2) is 17.5. The van der Waals surface area contributed by atoms with E-state index in [-0.39, 0.29) is 22.3 Å². The molecule has 0 saturated heterocycles. The topological polar surface area (TPSA) is 64.3 Å². The van der Waals surface area contributed by atoms with Gasteiger partial charge in [-0.25, -0.2) is 0 Å². The Morgan fingerprint density at radius 2 is 0.907 bits per heavy atom. The smallest absolute Gasteiger partial charge is 0.158 e. The number of fused-ring (bicyclic) bond motifs is 8. The number of rotatable bonds is 2. The fourth-order valence-electron chi connectivity index (χ4n) is 6.37. The average Bonchev–Trinajstić information content (AvgIpc) is 3.72. The van der Waals surface area contributed by atoms with Crippen LogP contribution in [-0.4, -0.2) is 0 Å². The van der Waals surface area contributed by atoms with Crippen molar-refractivity contribution in [3.05, 3.63) is 170 Å². The number of hydrogen-bond donors (Lipinski definition) is 2. The van der Waals surface area contributed by atoms with Crippen LogP contribution >= 0.6 is 54.5 Å². The fraction of sp³-hybridized carbons (Fsp3) is 0.0638. The molecule has 0 bridgehead atoms. The number of nitrogens with one attached hydrogen (secondary N) is 1. The van der Waals surface area contributed by atoms with E-state index in [9.17, 15) is 0 Å². The van der Waals surface area contributed by atoms with Gasteiger partial charge >= 0.3 is 0 Å². The summed E-state index contributed by atoms with van der Waals surface area (Å²) in [7, 11) is 0. The molecule has 54 heavy (non-hydrogen) atoms. The highest BCUT2D eigenvalue weighted by Gasteiger charge is 2.13. The molecule has 2 heterocycles. The van der Waals surface area contributed by atoms with Crippen LogP contribution in [0.2, 0.25) is 0 Å². The van der Waals surface area contributed by atoms with Crippen molar-refractivity contribution in [1.29, 1.82) is 0 Å². The van der Waals surface area contributed by atoms with Gasteiger partial charge in [-0.1, -0.05) is 163 Å². The van der Waals surface area contributed by atoms with Crippen LogP contribution in [0.5, 0.6) is 0 Å². The van der Waals surface area contributed by atoms with Crippen LogP contribution in [0.4, 0.5) is 17.1 Å². The second-order valence-electron chi connectivity index (χ2n) is 12.0. The minimum absolute atomic E-state index is 0. The zero-order valence-electron chi connectivity index (χ0n) is 27.0. The molecule has 0 amide bonds. The van der Waals surface area contributed by atoms with E-state index in [1.807, 2.05) is 66.7 Å². The molecule has 272 valence electrons. The Balaban J connectivity index is 0.000000166. The molecule has 7 heteroatoms. The highest BCUT2D eigenvalue weighted by atomic mass is 127. The van der Waals surface area contributed by atoms with Gasteiger partial charge in [-0.05, 0) is 81.9 Å². The maximum Gasteiger partial charge on any atom is 0.158 e. The van der Waals surface area contributed by atoms with Crippen molar-refractivity contribution < 1.29 is 8.83 Å². The molecule has 3 N–H and O–H groups in total. The van der Waals surface area contributed by atoms with Crippen LogP contribution < -0.4 is 11.1 Å². The van der Waals surface area contributed by atoms with Crippen molar-refractivity contribution >= 4 is 137 Å². The molecule has 8 aromatic carbocycles. The summed E-state index contributed by atoms with van der Waals surface area (Å²) in [5, 5.41) is 12.9. The van der Waals surface area contributed by atoms with E-state index in [0.29, 0.717) is 0 Å². The normalized spacial score (nSPS) is 10.5. The first-order valence-corrected chi connectivity index (χ1v) is 18.9. The number of para-hydroxylation sites is 2. The summed E-state index contributed by atoms with van der Waals surface area (Å²) in [6.07, 6.45) is 0. The number of nitrogens with two attached hydrogens (primary N) is 1. The van der Waals surface area contributed by atoms with Gasteiger partial charge in [0.15, 0.2) is 5.58 Å². The molecule has 0 aliphatic carbocycles. The van der Waals surface area contributed by atoms with E-state index >= 15 is 0 Å². The van der Waals surface area contributed by atoms with Crippen LogP contribution in [0.15, 0.2) is 176 Å². The number of benzene rings is 8. The van der Waals surface area contributed by atoms with Gasteiger partial charge in [0.1, 0.15) is 16.7 Å². The van der Waals surface area contributed by atoms with Crippen molar-refractivity contribution in [2.75, 3.05) is 11.1 Å². The minimum Gasteiger partial charge on any atom is -0.455 e. The van der Waals surface area contributed by atoms with Gasteiger partial charge in [0.05, 0.1) is 9.26 Å². The minimum atomic E-state index is 0. The van der Waals surface area contributed by atoms with Crippen LogP contribution in [0.3, 0.4) is 0 Å². The van der Waals surface area contributed by atoms with Crippen LogP contribution in [0, 0.1) is 3.57 Å². The Hall–Kier alpha value is -4.83. The maximum atomic E-state index is 6.14. The Labute approximate surface area is 346 Å². The lowest BCUT2D eigenvalue weighted by molar-refractivity contribution is 0.666. The van der Waals surface area contributed by atoms with Gasteiger partial charge in [0.25, 0.3) is 0 Å². The first-order chi connectivity index (χ1) is 24.9. The number of anilines is 3. The third-order valence-corrected chi connectivity index (χ3v) is 10.4. The molecule has 0 aliphatic heterocycles. The summed E-state index contributed by atoms with van der Waals surface area (Å²) < 4.78 is 15.2. The highest BCUT2D eigenvalue weighted by molar-refractivity contribution is 14.1. The molecule has 10 aromatic rings. The molecule has 4 nitrogen and oxygen atoms in total. The van der Waals surface area contributed by atoms with E-state index in [1.165, 1.54) is 26.9 Å². The number of hydrogen-bond acceptors (Lipinski definition) is 4. The van der Waals surface area contributed by atoms with Gasteiger partial charge < -0.3 is 19.9 Å². The van der Waals surface area contributed by atoms with Gasteiger partial charge in [0.2, 0.25) is 0 Å². The van der Waals surface area contributed by atoms with Crippen molar-refractivity contribution in [1.82, 2.24) is 0 Å². The molecule has 0 fully saturated rings. The van der Waals surface area contributed by atoms with Gasteiger partial charge in [-0.3, -0.25) is 0 Å². The van der Waals surface area contributed by atoms with E-state index in [1.54, 1.807) is 0 Å². The summed E-state index contributed by atoms with van der Waals surface area (Å²) in [5.74, 6) is 0. The Bertz CT molecular complexity index is 2850. The van der Waals surface area contributed by atoms with E-state index < -0.39 is 0 Å². The van der Waals surface area contributed by atoms with E-state index in [0.717, 1.165) is 68.1 Å². The predicted molar refractivity (Wildman–Crippen MR) is 251 cm³/mol. The summed E-state index contributed by atoms with van der Waals surface area (Å²) in [6, 6.07) is 53.3. The highest BCUT2D eigenvalue weighted by Crippen LogP contribution is 2.38. The van der Waals surface area contributed by atoms with Crippen molar-refractivity contribution in [3.8, 4) is 0 Å². The van der Waals surface area contributed by atoms with E-state index in [4.69, 9.17) is 14.6 Å². The standard InChI is InChI=1S/C22H14BrNO.C12H6BrIO.C10H9N.3CH4/c23-15-12-18-17-9-3-4-11-21(17)25-22(18)20(13-15)24-19-10-5-7-14-6-1-2-8-16(14)19;13-7-5-9-8-3-1-2-4-11(8)15-12(9)10(14)6-7;11-10-7-3-5-8-4-1-2-6-9(8)10;;;/h1-13,24H;1-6H;1-7H,11H2;3*1H4. The second-order valence-corrected chi connectivity index (χ2v) is 15.0. The first kappa shape index (κ1) is 40.4. The van der Waals surface area contributed by atoms with Crippen molar-refractivity contribution in [2.45, 2.75) is 22.3 Å². The van der Waals surface area contributed by atoms with Crippen molar-refractivity contribution in [2.24, 2.45) is 0 Å². The van der Waals surface area contributed by atoms with Gasteiger partial charge in [-0.15, -0.1) is 0 Å². The molecular weight excluding hydrogens is 911 g/mol. The van der Waals surface area contributed by atoms with Crippen molar-refractivity contribution in [3.63, 3.8) is 0 Å². The molecule has 0 spiro atoms. The third kappa shape index (κ3) is 8.14. The average molecular weight is 953 g/mol. The van der Waals surface area contributed by atoms with Crippen LogP contribution in [0.1, 0.15) is 22.3 Å². The van der Waals surface area contributed by atoms with Crippen LogP contribution in [0.25, 0.3) is 65.4 Å². The monoisotopic (exact) mass is 950 g/mol. The largest absolute Gasteiger partial charge is 0.455 e. The fourth-order valence-corrected chi connectivity index (χ4v) is 8.45. The molecule has 2 aromatic heterocycles. The molecule has 10 rings (SSSR count). The van der Waals surface area contributed by atoms with E-state index in [2.05, 4.69) is 151 Å². The zero-order chi connectivity index (χ0) is 34.9. The molecule has 0 radical (unpaired) electrons. The number of furan rings is 2. The Morgan fingerprint density at radius 1 is 0.444 bits per heavy atom. The molecule has 0 aliphatic rings. The molecule has 0 saturated carbocycles. The lowest BCUT2D eigenvalue weighted by Crippen LogP contribution is -1.92. The number of halogens is 3. The van der Waals surface area contributed by atoms with Crippen LogP contribution in [-0.2, 0) is 0 Å². The third-order valence-electron chi connectivity index (χ3n) is 8.72. The summed E-state index contributed by atoms with van der Waals surface area (Å²) in [4.78, 5) is 0. The molecule has 0 atom stereocenters. The quantitative estimate of drug-likeness (QED) is 0.134. The Kier molecular flexibility index (Phi) is 13.1. The lowest BCUT2D eigenvalue weighted by atomic mass is 10.1. The molecule has 0 unspecified atom stereocenters. The summed E-state index contributed by atoms with van der Waals surface area (Å²) >= 11 is 9.44. The van der Waals surface area contributed by atoms with Gasteiger partial charge in [0, 0.05) is 52.6 Å². The summed E-state index contributed by atoms with van der Waals surface area (Å²) in [5.41, 5.74) is 12.3. The first-order valence-electron chi connectivity index (χ1n) is 16.3. The Morgan fingerprint density at radius 3 is 1.54 bits per heavy atom. The summed E-state index contributed by atoms with van der Waals surface area (Å²) in [6.45, 7) is 0.